The molecule has 6 nitrogen and oxygen atoms in total. The molecule has 0 aromatic heterocycles. The van der Waals surface area contributed by atoms with E-state index < -0.39 is 26.5 Å². The Bertz CT molecular complexity index is 598. The van der Waals surface area contributed by atoms with Gasteiger partial charge >= 0.3 is 0 Å². The summed E-state index contributed by atoms with van der Waals surface area (Å²) in [7, 11) is -4.42. The van der Waals surface area contributed by atoms with Crippen LogP contribution in [0.4, 0.5) is 0 Å². The van der Waals surface area contributed by atoms with Crippen LogP contribution in [0.2, 0.25) is 0 Å². The molecule has 0 spiro atoms. The topological polar surface area (TPSA) is 118 Å². The maximum Gasteiger partial charge on any atom is 0.292 e. The van der Waals surface area contributed by atoms with Crippen LogP contribution < -0.4 is 5.14 Å². The zero-order valence-electron chi connectivity index (χ0n) is 7.88. The zero-order chi connectivity index (χ0) is 12.3. The molecule has 0 aliphatic heterocycles. The molecule has 0 bridgehead atoms. The number of sulfonamides is 1. The Balaban J connectivity index is 3.43. The Labute approximate surface area is 91.3 Å². The van der Waals surface area contributed by atoms with Gasteiger partial charge in [0.15, 0.2) is 0 Å². The molecule has 0 fully saturated rings. The third-order valence-corrected chi connectivity index (χ3v) is 2.49. The van der Waals surface area contributed by atoms with Crippen molar-refractivity contribution in [1.29, 1.82) is 5.26 Å². The SMILES string of the molecule is N#CC(=O)c1ccccc1C(=O)S(N)(=O)=O. The maximum atomic E-state index is 11.3. The standard InChI is InChI=1S/C9H6N2O4S/c10-5-8(12)6-3-1-2-4-7(6)9(13)16(11,14)15/h1-4H,(H2,11,14,15). The monoisotopic (exact) mass is 238 g/mol. The number of benzene rings is 1. The molecule has 82 valence electrons. The molecule has 1 rings (SSSR count). The molecule has 0 radical (unpaired) electrons. The molecule has 2 N–H and O–H groups in total. The van der Waals surface area contributed by atoms with E-state index in [4.69, 9.17) is 5.26 Å². The van der Waals surface area contributed by atoms with Gasteiger partial charge in [-0.25, -0.2) is 13.6 Å². The summed E-state index contributed by atoms with van der Waals surface area (Å²) in [6.07, 6.45) is 0. The van der Waals surface area contributed by atoms with Crippen LogP contribution >= 0.6 is 0 Å². The van der Waals surface area contributed by atoms with Crippen LogP contribution in [-0.2, 0) is 10.0 Å². The van der Waals surface area contributed by atoms with E-state index in [0.717, 1.165) is 6.07 Å². The van der Waals surface area contributed by atoms with Crippen LogP contribution in [-0.4, -0.2) is 19.3 Å². The summed E-state index contributed by atoms with van der Waals surface area (Å²) in [5, 5.41) is 11.7. The summed E-state index contributed by atoms with van der Waals surface area (Å²) in [6.45, 7) is 0. The second-order valence-corrected chi connectivity index (χ2v) is 4.28. The van der Waals surface area contributed by atoms with E-state index in [9.17, 15) is 18.0 Å². The highest BCUT2D eigenvalue weighted by Gasteiger charge is 2.24. The van der Waals surface area contributed by atoms with Crippen LogP contribution in [0.5, 0.6) is 0 Å². The molecule has 0 aliphatic carbocycles. The number of nitriles is 1. The van der Waals surface area contributed by atoms with Crippen LogP contribution in [0, 0.1) is 11.3 Å². The molecule has 0 saturated heterocycles. The van der Waals surface area contributed by atoms with Gasteiger partial charge in [-0.15, -0.1) is 0 Å². The molecule has 0 amide bonds. The molecule has 16 heavy (non-hydrogen) atoms. The Morgan fingerprint density at radius 3 is 2.12 bits per heavy atom. The van der Waals surface area contributed by atoms with Crippen LogP contribution in [0.15, 0.2) is 24.3 Å². The van der Waals surface area contributed by atoms with Gasteiger partial charge in [0.05, 0.1) is 0 Å². The van der Waals surface area contributed by atoms with Crippen molar-refractivity contribution in [3.63, 3.8) is 0 Å². The van der Waals surface area contributed by atoms with Crippen molar-refractivity contribution >= 4 is 20.9 Å². The van der Waals surface area contributed by atoms with Gasteiger partial charge in [-0.3, -0.25) is 9.59 Å². The van der Waals surface area contributed by atoms with Crippen molar-refractivity contribution in [2.75, 3.05) is 0 Å². The van der Waals surface area contributed by atoms with Gasteiger partial charge in [-0.2, -0.15) is 5.26 Å². The van der Waals surface area contributed by atoms with Crippen molar-refractivity contribution < 1.29 is 18.0 Å². The second kappa shape index (κ2) is 4.22. The molecule has 0 saturated carbocycles. The van der Waals surface area contributed by atoms with Gasteiger partial charge in [0.2, 0.25) is 0 Å². The largest absolute Gasteiger partial charge is 0.292 e. The number of hydrogen-bond donors (Lipinski definition) is 1. The molecule has 0 unspecified atom stereocenters. The lowest BCUT2D eigenvalue weighted by atomic mass is 10.1. The Kier molecular flexibility index (Phi) is 3.17. The highest BCUT2D eigenvalue weighted by atomic mass is 32.2. The number of nitrogens with zero attached hydrogens (tertiary/aromatic N) is 1. The van der Waals surface area contributed by atoms with E-state index >= 15 is 0 Å². The average Bonchev–Trinajstić information content (AvgIpc) is 2.25. The van der Waals surface area contributed by atoms with Crippen LogP contribution in [0.3, 0.4) is 0 Å². The first-order valence-electron chi connectivity index (χ1n) is 3.98. The molecule has 0 heterocycles. The van der Waals surface area contributed by atoms with Crippen molar-refractivity contribution in [3.05, 3.63) is 35.4 Å². The lowest BCUT2D eigenvalue weighted by Gasteiger charge is -2.02. The second-order valence-electron chi connectivity index (χ2n) is 2.82. The minimum absolute atomic E-state index is 0.274. The molecular formula is C9H6N2O4S. The molecule has 1 aromatic rings. The van der Waals surface area contributed by atoms with Crippen molar-refractivity contribution in [1.82, 2.24) is 0 Å². The van der Waals surface area contributed by atoms with Gasteiger partial charge in [0, 0.05) is 11.1 Å². The van der Waals surface area contributed by atoms with Gasteiger partial charge in [0.25, 0.3) is 20.9 Å². The predicted octanol–water partition coefficient (Wildman–Crippen LogP) is -0.178. The zero-order valence-corrected chi connectivity index (χ0v) is 8.69. The number of carbonyl (C=O) groups is 2. The normalized spacial score (nSPS) is 10.5. The maximum absolute atomic E-state index is 11.3. The fraction of sp³-hybridized carbons (Fsp3) is 0. The Morgan fingerprint density at radius 2 is 1.69 bits per heavy atom. The van der Waals surface area contributed by atoms with Crippen LogP contribution in [0.25, 0.3) is 0 Å². The van der Waals surface area contributed by atoms with Gasteiger partial charge in [-0.05, 0) is 12.1 Å². The van der Waals surface area contributed by atoms with E-state index in [1.165, 1.54) is 24.3 Å². The average molecular weight is 238 g/mol. The molecule has 7 heteroatoms. The fourth-order valence-electron chi connectivity index (χ4n) is 1.07. The van der Waals surface area contributed by atoms with Crippen LogP contribution in [0.1, 0.15) is 20.7 Å². The molecule has 0 aliphatic rings. The van der Waals surface area contributed by atoms with Crippen molar-refractivity contribution in [3.8, 4) is 6.07 Å². The summed E-state index contributed by atoms with van der Waals surface area (Å²) in [5.41, 5.74) is -0.666. The predicted molar refractivity (Wildman–Crippen MR) is 53.8 cm³/mol. The van der Waals surface area contributed by atoms with Gasteiger partial charge < -0.3 is 0 Å². The third kappa shape index (κ3) is 2.31. The summed E-state index contributed by atoms with van der Waals surface area (Å²) in [4.78, 5) is 22.4. The number of nitrogens with two attached hydrogens (primary N) is 1. The number of ketones is 1. The highest BCUT2D eigenvalue weighted by molar-refractivity contribution is 8.04. The van der Waals surface area contributed by atoms with Crippen molar-refractivity contribution in [2.24, 2.45) is 5.14 Å². The summed E-state index contributed by atoms with van der Waals surface area (Å²) >= 11 is 0. The highest BCUT2D eigenvalue weighted by Crippen LogP contribution is 2.12. The van der Waals surface area contributed by atoms with E-state index in [1.54, 1.807) is 0 Å². The molecule has 1 aromatic carbocycles. The Morgan fingerprint density at radius 1 is 1.19 bits per heavy atom. The Hall–Kier alpha value is -2.04. The number of primary sulfonamides is 1. The number of Topliss-reactive ketones (excluding diaryl/α,β-unsaturated/α-hetero) is 1. The summed E-state index contributed by atoms with van der Waals surface area (Å²) in [6, 6.07) is 6.38. The number of hydrogen-bond acceptors (Lipinski definition) is 5. The van der Waals surface area contributed by atoms with Gasteiger partial charge in [-0.1, -0.05) is 12.1 Å². The quantitative estimate of drug-likeness (QED) is 0.566. The van der Waals surface area contributed by atoms with Crippen molar-refractivity contribution in [2.45, 2.75) is 0 Å². The minimum Gasteiger partial charge on any atom is -0.277 e. The number of rotatable bonds is 2. The molecular weight excluding hydrogens is 232 g/mol. The molecule has 0 atom stereocenters. The lowest BCUT2D eigenvalue weighted by molar-refractivity contribution is 0.103. The first-order chi connectivity index (χ1) is 7.38. The number of carbonyl (C=O) groups excluding carboxylic acids is 2. The fourth-order valence-corrected chi connectivity index (χ4v) is 1.56. The summed E-state index contributed by atoms with van der Waals surface area (Å²) < 4.78 is 21.7. The van der Waals surface area contributed by atoms with E-state index in [1.807, 2.05) is 0 Å². The van der Waals surface area contributed by atoms with Gasteiger partial charge in [0.1, 0.15) is 6.07 Å². The lowest BCUT2D eigenvalue weighted by Crippen LogP contribution is -2.25. The first-order valence-corrected chi connectivity index (χ1v) is 5.53. The summed E-state index contributed by atoms with van der Waals surface area (Å²) in [5.74, 6) is -0.993. The van der Waals surface area contributed by atoms with E-state index in [2.05, 4.69) is 5.14 Å². The van der Waals surface area contributed by atoms with E-state index in [-0.39, 0.29) is 5.56 Å². The third-order valence-electron chi connectivity index (χ3n) is 1.75. The first kappa shape index (κ1) is 12.0. The minimum atomic E-state index is -4.42. The smallest absolute Gasteiger partial charge is 0.277 e. The van der Waals surface area contributed by atoms with E-state index in [0.29, 0.717) is 0 Å².